The van der Waals surface area contributed by atoms with Crippen LogP contribution in [0.5, 0.6) is 0 Å². The molecule has 0 aliphatic heterocycles. The van der Waals surface area contributed by atoms with E-state index in [0.717, 1.165) is 25.7 Å². The van der Waals surface area contributed by atoms with E-state index in [-0.39, 0.29) is 33.9 Å². The van der Waals surface area contributed by atoms with Gasteiger partial charge < -0.3 is 10.2 Å². The number of rotatable bonds is 8. The van der Waals surface area contributed by atoms with E-state index in [1.165, 1.54) is 38.5 Å². The van der Waals surface area contributed by atoms with Gasteiger partial charge in [0.15, 0.2) is 0 Å². The van der Waals surface area contributed by atoms with Gasteiger partial charge in [-0.15, -0.1) is 0 Å². The van der Waals surface area contributed by atoms with Crippen LogP contribution in [0.4, 0.5) is 0 Å². The number of hydrogen-bond donors (Lipinski definition) is 2. The van der Waals surface area contributed by atoms with Crippen LogP contribution >= 0.6 is 0 Å². The molecule has 0 aromatic heterocycles. The second-order valence-electron chi connectivity index (χ2n) is 18.2. The van der Waals surface area contributed by atoms with Crippen LogP contribution in [0.25, 0.3) is 0 Å². The molecule has 0 saturated heterocycles. The summed E-state index contributed by atoms with van der Waals surface area (Å²) in [6.45, 7) is 30.5. The van der Waals surface area contributed by atoms with Gasteiger partial charge >= 0.3 is 0 Å². The van der Waals surface area contributed by atoms with Crippen molar-refractivity contribution in [1.29, 1.82) is 0 Å². The van der Waals surface area contributed by atoms with Gasteiger partial charge in [0.05, 0.1) is 12.2 Å². The van der Waals surface area contributed by atoms with Crippen molar-refractivity contribution >= 4 is 0 Å². The third-order valence-electron chi connectivity index (χ3n) is 11.2. The molecule has 2 N–H and O–H groups in total. The first-order valence-corrected chi connectivity index (χ1v) is 16.6. The Hall–Kier alpha value is -0.0800. The lowest BCUT2D eigenvalue weighted by molar-refractivity contribution is -0.119. The van der Waals surface area contributed by atoms with Crippen molar-refractivity contribution in [2.24, 2.45) is 63.1 Å². The van der Waals surface area contributed by atoms with E-state index >= 15 is 0 Å². The minimum Gasteiger partial charge on any atom is -0.393 e. The van der Waals surface area contributed by atoms with Crippen molar-refractivity contribution in [3.63, 3.8) is 0 Å². The molecule has 0 aromatic rings. The Morgan fingerprint density at radius 1 is 0.500 bits per heavy atom. The number of hydrogen-bond acceptors (Lipinski definition) is 2. The van der Waals surface area contributed by atoms with Crippen LogP contribution in [-0.4, -0.2) is 22.4 Å². The largest absolute Gasteiger partial charge is 0.393 e. The van der Waals surface area contributed by atoms with Gasteiger partial charge in [-0.3, -0.25) is 0 Å². The molecule has 226 valence electrons. The Balaban J connectivity index is 2.48. The van der Waals surface area contributed by atoms with E-state index < -0.39 is 0 Å². The van der Waals surface area contributed by atoms with Gasteiger partial charge in [-0.05, 0) is 95.2 Å². The Morgan fingerprint density at radius 3 is 1.05 bits per heavy atom. The first kappa shape index (κ1) is 34.1. The van der Waals surface area contributed by atoms with Crippen LogP contribution in [0.15, 0.2) is 0 Å². The SMILES string of the molecule is CCCCCCCC(C1CC(C(C)(C)C)C(O)C(C(C)(C)C)C1)C1CC(C(C)(C)C)C(O)C(C(C)(C)C)C1. The standard InChI is InChI=1S/C36H70O2/c1-14-15-16-17-18-19-26(24-20-27(33(2,3)4)31(37)28(21-24)34(5,6)7)25-22-29(35(8,9)10)32(38)30(23-25)36(11,12)13/h24-32,37-38H,14-23H2,1-13H3. The molecule has 38 heavy (non-hydrogen) atoms. The molecule has 0 aromatic carbocycles. The molecule has 2 fully saturated rings. The van der Waals surface area contributed by atoms with Gasteiger partial charge in [-0.1, -0.05) is 122 Å². The zero-order valence-electron chi connectivity index (χ0n) is 28.2. The molecule has 0 amide bonds. The molecule has 2 aliphatic rings. The summed E-state index contributed by atoms with van der Waals surface area (Å²) in [5.41, 5.74) is 0.436. The van der Waals surface area contributed by atoms with Gasteiger partial charge in [0.2, 0.25) is 0 Å². The molecule has 2 rings (SSSR count). The fourth-order valence-corrected chi connectivity index (χ4v) is 8.62. The van der Waals surface area contributed by atoms with Crippen molar-refractivity contribution in [3.8, 4) is 0 Å². The van der Waals surface area contributed by atoms with Crippen molar-refractivity contribution in [2.45, 2.75) is 166 Å². The summed E-state index contributed by atoms with van der Waals surface area (Å²) in [6.07, 6.45) is 12.3. The Labute approximate surface area is 239 Å². The molecular weight excluding hydrogens is 464 g/mol. The molecule has 2 aliphatic carbocycles. The molecule has 0 radical (unpaired) electrons. The van der Waals surface area contributed by atoms with Crippen LogP contribution in [0.1, 0.15) is 154 Å². The zero-order valence-corrected chi connectivity index (χ0v) is 28.2. The molecular formula is C36H70O2. The number of aliphatic hydroxyl groups is 2. The Morgan fingerprint density at radius 2 is 0.789 bits per heavy atom. The van der Waals surface area contributed by atoms with Gasteiger partial charge in [0, 0.05) is 0 Å². The van der Waals surface area contributed by atoms with Gasteiger partial charge in [-0.2, -0.15) is 0 Å². The molecule has 2 heteroatoms. The van der Waals surface area contributed by atoms with Crippen LogP contribution < -0.4 is 0 Å². The molecule has 0 heterocycles. The quantitative estimate of drug-likeness (QED) is 0.304. The summed E-state index contributed by atoms with van der Waals surface area (Å²) in [4.78, 5) is 0. The summed E-state index contributed by atoms with van der Waals surface area (Å²) in [6, 6.07) is 0. The Kier molecular flexibility index (Phi) is 11.5. The molecule has 2 saturated carbocycles. The van der Waals surface area contributed by atoms with Crippen molar-refractivity contribution in [2.75, 3.05) is 0 Å². The molecule has 4 unspecified atom stereocenters. The summed E-state index contributed by atoms with van der Waals surface area (Å²) >= 11 is 0. The smallest absolute Gasteiger partial charge is 0.0606 e. The van der Waals surface area contributed by atoms with E-state index in [4.69, 9.17) is 0 Å². The summed E-state index contributed by atoms with van der Waals surface area (Å²) in [5, 5.41) is 23.4. The molecule has 2 nitrogen and oxygen atoms in total. The molecule has 0 spiro atoms. The predicted octanol–water partition coefficient (Wildman–Crippen LogP) is 10.2. The molecule has 4 atom stereocenters. The van der Waals surface area contributed by atoms with E-state index in [1.54, 1.807) is 0 Å². The van der Waals surface area contributed by atoms with E-state index in [1.807, 2.05) is 0 Å². The lowest BCUT2D eigenvalue weighted by atomic mass is 9.52. The third-order valence-corrected chi connectivity index (χ3v) is 11.2. The zero-order chi connectivity index (χ0) is 29.3. The fourth-order valence-electron chi connectivity index (χ4n) is 8.62. The second-order valence-corrected chi connectivity index (χ2v) is 18.2. The van der Waals surface area contributed by atoms with Crippen molar-refractivity contribution in [3.05, 3.63) is 0 Å². The lowest BCUT2D eigenvalue weighted by Crippen LogP contribution is -2.52. The van der Waals surface area contributed by atoms with E-state index in [2.05, 4.69) is 90.0 Å². The predicted molar refractivity (Wildman–Crippen MR) is 166 cm³/mol. The highest BCUT2D eigenvalue weighted by atomic mass is 16.3. The highest BCUT2D eigenvalue weighted by Crippen LogP contribution is 2.56. The van der Waals surface area contributed by atoms with Gasteiger partial charge in [0.25, 0.3) is 0 Å². The first-order valence-electron chi connectivity index (χ1n) is 16.6. The number of aliphatic hydroxyl groups excluding tert-OH is 2. The maximum atomic E-state index is 11.7. The summed E-state index contributed by atoms with van der Waals surface area (Å²) < 4.78 is 0. The highest BCUT2D eigenvalue weighted by molar-refractivity contribution is 5.01. The first-order chi connectivity index (χ1) is 17.2. The summed E-state index contributed by atoms with van der Waals surface area (Å²) in [5.74, 6) is 3.41. The van der Waals surface area contributed by atoms with Gasteiger partial charge in [-0.25, -0.2) is 0 Å². The third kappa shape index (κ3) is 8.71. The highest BCUT2D eigenvalue weighted by Gasteiger charge is 2.52. The second kappa shape index (κ2) is 12.8. The van der Waals surface area contributed by atoms with Crippen molar-refractivity contribution in [1.82, 2.24) is 0 Å². The fraction of sp³-hybridized carbons (Fsp3) is 1.00. The van der Waals surface area contributed by atoms with Crippen LogP contribution in [-0.2, 0) is 0 Å². The van der Waals surface area contributed by atoms with Crippen LogP contribution in [0.3, 0.4) is 0 Å². The van der Waals surface area contributed by atoms with Crippen LogP contribution in [0, 0.1) is 63.1 Å². The van der Waals surface area contributed by atoms with Gasteiger partial charge in [0.1, 0.15) is 0 Å². The van der Waals surface area contributed by atoms with E-state index in [0.29, 0.717) is 41.4 Å². The van der Waals surface area contributed by atoms with Crippen molar-refractivity contribution < 1.29 is 10.2 Å². The monoisotopic (exact) mass is 535 g/mol. The molecule has 0 bridgehead atoms. The Bertz CT molecular complexity index is 595. The van der Waals surface area contributed by atoms with Crippen LogP contribution in [0.2, 0.25) is 0 Å². The topological polar surface area (TPSA) is 40.5 Å². The maximum absolute atomic E-state index is 11.7. The average molecular weight is 535 g/mol. The lowest BCUT2D eigenvalue weighted by Gasteiger charge is -2.55. The maximum Gasteiger partial charge on any atom is 0.0606 e. The average Bonchev–Trinajstić information content (AvgIpc) is 2.74. The normalized spacial score (nSPS) is 34.8. The van der Waals surface area contributed by atoms with E-state index in [9.17, 15) is 10.2 Å². The minimum atomic E-state index is -0.214. The minimum absolute atomic E-state index is 0.109. The summed E-state index contributed by atoms with van der Waals surface area (Å²) in [7, 11) is 0. The number of unbranched alkanes of at least 4 members (excludes halogenated alkanes) is 4.